The summed E-state index contributed by atoms with van der Waals surface area (Å²) in [6, 6.07) is 3.47. The molecule has 0 spiro atoms. The van der Waals surface area contributed by atoms with Gasteiger partial charge in [0.05, 0.1) is 13.7 Å². The van der Waals surface area contributed by atoms with E-state index >= 15 is 0 Å². The van der Waals surface area contributed by atoms with Crippen molar-refractivity contribution < 1.29 is 14.3 Å². The van der Waals surface area contributed by atoms with Gasteiger partial charge in [0.2, 0.25) is 11.8 Å². The van der Waals surface area contributed by atoms with Crippen molar-refractivity contribution in [1.82, 2.24) is 15.2 Å². The van der Waals surface area contributed by atoms with Gasteiger partial charge in [-0.2, -0.15) is 0 Å². The Labute approximate surface area is 123 Å². The van der Waals surface area contributed by atoms with E-state index in [9.17, 15) is 9.59 Å². The highest BCUT2D eigenvalue weighted by Gasteiger charge is 2.23. The molecule has 0 bridgehead atoms. The van der Waals surface area contributed by atoms with Crippen molar-refractivity contribution in [2.45, 2.75) is 18.9 Å². The molecule has 21 heavy (non-hydrogen) atoms. The number of carbonyl (C=O) groups excluding carboxylic acids is 2. The Bertz CT molecular complexity index is 513. The first-order chi connectivity index (χ1) is 10.1. The molecule has 3 N–H and O–H groups in total. The molecule has 1 fully saturated rings. The highest BCUT2D eigenvalue weighted by Crippen LogP contribution is 2.15. The second-order valence-corrected chi connectivity index (χ2v) is 5.05. The number of ether oxygens (including phenoxy) is 1. The molecule has 7 nitrogen and oxygen atoms in total. The molecule has 0 atom stereocenters. The number of hydrogen-bond donors (Lipinski definition) is 2. The summed E-state index contributed by atoms with van der Waals surface area (Å²) >= 11 is 0. The van der Waals surface area contributed by atoms with E-state index in [1.165, 1.54) is 7.11 Å². The summed E-state index contributed by atoms with van der Waals surface area (Å²) in [5, 5.41) is 2.98. The molecule has 1 saturated heterocycles. The standard InChI is InChI=1S/C14H20N4O3/c1-21-14-11(3-2-6-16-14)13(20)17-10-4-7-18(8-5-10)9-12(15)19/h2-3,6,10H,4-5,7-9H2,1H3,(H2,15,19)(H,17,20). The predicted octanol–water partition coefficient (Wildman–Crippen LogP) is -0.230. The molecule has 7 heteroatoms. The van der Waals surface area contributed by atoms with Gasteiger partial charge < -0.3 is 15.8 Å². The number of amides is 2. The number of primary amides is 1. The summed E-state index contributed by atoms with van der Waals surface area (Å²) in [6.45, 7) is 1.77. The third kappa shape index (κ3) is 4.16. The summed E-state index contributed by atoms with van der Waals surface area (Å²) in [5.41, 5.74) is 5.61. The lowest BCUT2D eigenvalue weighted by Gasteiger charge is -2.31. The van der Waals surface area contributed by atoms with Gasteiger partial charge in [-0.1, -0.05) is 0 Å². The van der Waals surface area contributed by atoms with Crippen LogP contribution in [0, 0.1) is 0 Å². The van der Waals surface area contributed by atoms with E-state index in [1.54, 1.807) is 18.3 Å². The van der Waals surface area contributed by atoms with Crippen LogP contribution in [0.4, 0.5) is 0 Å². The quantitative estimate of drug-likeness (QED) is 0.781. The third-order valence-corrected chi connectivity index (χ3v) is 3.51. The van der Waals surface area contributed by atoms with Crippen molar-refractivity contribution in [1.29, 1.82) is 0 Å². The first-order valence-electron chi connectivity index (χ1n) is 6.90. The number of rotatable bonds is 5. The number of carbonyl (C=O) groups is 2. The first-order valence-corrected chi connectivity index (χ1v) is 6.90. The maximum Gasteiger partial charge on any atom is 0.256 e. The average Bonchev–Trinajstić information content (AvgIpc) is 2.48. The maximum absolute atomic E-state index is 12.2. The highest BCUT2D eigenvalue weighted by atomic mass is 16.5. The summed E-state index contributed by atoms with van der Waals surface area (Å²) in [7, 11) is 1.49. The number of nitrogens with zero attached hydrogens (tertiary/aromatic N) is 2. The van der Waals surface area contributed by atoms with Crippen molar-refractivity contribution in [3.63, 3.8) is 0 Å². The fourth-order valence-corrected chi connectivity index (χ4v) is 2.45. The van der Waals surface area contributed by atoms with Gasteiger partial charge in [0, 0.05) is 25.3 Å². The molecule has 0 saturated carbocycles. The van der Waals surface area contributed by atoms with E-state index in [1.807, 2.05) is 4.90 Å². The number of piperidine rings is 1. The van der Waals surface area contributed by atoms with Crippen LogP contribution in [-0.2, 0) is 4.79 Å². The van der Waals surface area contributed by atoms with Crippen LogP contribution in [0.5, 0.6) is 5.88 Å². The van der Waals surface area contributed by atoms with Crippen LogP contribution in [0.15, 0.2) is 18.3 Å². The van der Waals surface area contributed by atoms with Crippen molar-refractivity contribution in [2.75, 3.05) is 26.7 Å². The average molecular weight is 292 g/mol. The molecule has 1 aliphatic heterocycles. The van der Waals surface area contributed by atoms with Crippen LogP contribution in [0.3, 0.4) is 0 Å². The largest absolute Gasteiger partial charge is 0.480 e. The monoisotopic (exact) mass is 292 g/mol. The lowest BCUT2D eigenvalue weighted by Crippen LogP contribution is -2.46. The van der Waals surface area contributed by atoms with Gasteiger partial charge in [0.1, 0.15) is 5.56 Å². The number of nitrogens with two attached hydrogens (primary N) is 1. The van der Waals surface area contributed by atoms with E-state index in [4.69, 9.17) is 10.5 Å². The van der Waals surface area contributed by atoms with Crippen LogP contribution < -0.4 is 15.8 Å². The van der Waals surface area contributed by atoms with Crippen molar-refractivity contribution in [2.24, 2.45) is 5.73 Å². The van der Waals surface area contributed by atoms with Crippen LogP contribution in [-0.4, -0.2) is 54.5 Å². The number of hydrogen-bond acceptors (Lipinski definition) is 5. The highest BCUT2D eigenvalue weighted by molar-refractivity contribution is 5.96. The molecule has 0 radical (unpaired) electrons. The van der Waals surface area contributed by atoms with Gasteiger partial charge in [0.15, 0.2) is 0 Å². The normalized spacial score (nSPS) is 16.4. The maximum atomic E-state index is 12.2. The van der Waals surface area contributed by atoms with E-state index in [-0.39, 0.29) is 24.4 Å². The zero-order valence-electron chi connectivity index (χ0n) is 12.0. The van der Waals surface area contributed by atoms with Crippen molar-refractivity contribution in [3.8, 4) is 5.88 Å². The SMILES string of the molecule is COc1ncccc1C(=O)NC1CCN(CC(N)=O)CC1. The van der Waals surface area contributed by atoms with Gasteiger partial charge >= 0.3 is 0 Å². The lowest BCUT2D eigenvalue weighted by molar-refractivity contribution is -0.119. The minimum atomic E-state index is -0.322. The zero-order chi connectivity index (χ0) is 15.2. The van der Waals surface area contributed by atoms with Gasteiger partial charge in [-0.3, -0.25) is 14.5 Å². The summed E-state index contributed by atoms with van der Waals surface area (Å²) < 4.78 is 5.08. The van der Waals surface area contributed by atoms with Crippen LogP contribution >= 0.6 is 0 Å². The van der Waals surface area contributed by atoms with Gasteiger partial charge in [0.25, 0.3) is 5.91 Å². The van der Waals surface area contributed by atoms with Crippen LogP contribution in [0.2, 0.25) is 0 Å². The van der Waals surface area contributed by atoms with E-state index in [0.29, 0.717) is 11.4 Å². The molecular formula is C14H20N4O3. The molecule has 2 rings (SSSR count). The Morgan fingerprint density at radius 1 is 1.48 bits per heavy atom. The van der Waals surface area contributed by atoms with Gasteiger partial charge in [-0.15, -0.1) is 0 Å². The van der Waals surface area contributed by atoms with Gasteiger partial charge in [-0.05, 0) is 25.0 Å². The van der Waals surface area contributed by atoms with Crippen molar-refractivity contribution in [3.05, 3.63) is 23.9 Å². The minimum Gasteiger partial charge on any atom is -0.480 e. The second kappa shape index (κ2) is 7.03. The van der Waals surface area contributed by atoms with E-state index < -0.39 is 0 Å². The summed E-state index contributed by atoms with van der Waals surface area (Å²) in [6.07, 6.45) is 3.17. The smallest absolute Gasteiger partial charge is 0.256 e. The topological polar surface area (TPSA) is 97.6 Å². The zero-order valence-corrected chi connectivity index (χ0v) is 12.0. The molecular weight excluding hydrogens is 272 g/mol. The molecule has 1 aromatic heterocycles. The molecule has 1 aromatic rings. The minimum absolute atomic E-state index is 0.0894. The Morgan fingerprint density at radius 3 is 2.81 bits per heavy atom. The number of nitrogens with one attached hydrogen (secondary N) is 1. The molecule has 0 aliphatic carbocycles. The fraction of sp³-hybridized carbons (Fsp3) is 0.500. The number of pyridine rings is 1. The molecule has 114 valence electrons. The Kier molecular flexibility index (Phi) is 5.10. The Hall–Kier alpha value is -2.15. The number of likely N-dealkylation sites (tertiary alicyclic amines) is 1. The van der Waals surface area contributed by atoms with E-state index in [0.717, 1.165) is 25.9 Å². The Balaban J connectivity index is 1.88. The summed E-state index contributed by atoms with van der Waals surface area (Å²) in [4.78, 5) is 29.1. The molecule has 2 amide bonds. The number of methoxy groups -OCH3 is 1. The first kappa shape index (κ1) is 15.2. The summed E-state index contributed by atoms with van der Waals surface area (Å²) in [5.74, 6) is -0.188. The molecule has 0 aromatic carbocycles. The van der Waals surface area contributed by atoms with Crippen LogP contribution in [0.1, 0.15) is 23.2 Å². The second-order valence-electron chi connectivity index (χ2n) is 5.05. The predicted molar refractivity (Wildman–Crippen MR) is 76.9 cm³/mol. The molecule has 2 heterocycles. The van der Waals surface area contributed by atoms with Gasteiger partial charge in [-0.25, -0.2) is 4.98 Å². The molecule has 0 unspecified atom stereocenters. The number of aromatic nitrogens is 1. The Morgan fingerprint density at radius 2 is 2.19 bits per heavy atom. The van der Waals surface area contributed by atoms with Crippen LogP contribution in [0.25, 0.3) is 0 Å². The lowest BCUT2D eigenvalue weighted by atomic mass is 10.0. The fourth-order valence-electron chi connectivity index (χ4n) is 2.45. The van der Waals surface area contributed by atoms with Crippen molar-refractivity contribution >= 4 is 11.8 Å². The molecule has 1 aliphatic rings. The van der Waals surface area contributed by atoms with E-state index in [2.05, 4.69) is 10.3 Å². The third-order valence-electron chi connectivity index (χ3n) is 3.51.